The summed E-state index contributed by atoms with van der Waals surface area (Å²) in [6, 6.07) is 7.27. The third-order valence-corrected chi connectivity index (χ3v) is 3.36. The molecule has 0 aliphatic carbocycles. The summed E-state index contributed by atoms with van der Waals surface area (Å²) in [4.78, 5) is 23.3. The highest BCUT2D eigenvalue weighted by Crippen LogP contribution is 2.36. The third-order valence-electron chi connectivity index (χ3n) is 3.36. The Kier molecular flexibility index (Phi) is 5.32. The SMILES string of the molecule is CCOC(=O)C(=O)c1ccc(C(C)(C)CC(C)(C)C)cc1. The monoisotopic (exact) mass is 290 g/mol. The molecule has 0 aromatic heterocycles. The minimum Gasteiger partial charge on any atom is -0.460 e. The second-order valence-electron chi connectivity index (χ2n) is 7.25. The first-order chi connectivity index (χ1) is 9.57. The van der Waals surface area contributed by atoms with Crippen LogP contribution in [0.4, 0.5) is 0 Å². The van der Waals surface area contributed by atoms with E-state index in [-0.39, 0.29) is 17.4 Å². The van der Waals surface area contributed by atoms with Crippen LogP contribution in [0, 0.1) is 5.41 Å². The van der Waals surface area contributed by atoms with Gasteiger partial charge in [-0.1, -0.05) is 58.9 Å². The van der Waals surface area contributed by atoms with Crippen LogP contribution in [-0.4, -0.2) is 18.4 Å². The Labute approximate surface area is 127 Å². The van der Waals surface area contributed by atoms with Crippen molar-refractivity contribution in [1.29, 1.82) is 0 Å². The second-order valence-corrected chi connectivity index (χ2v) is 7.25. The maximum Gasteiger partial charge on any atom is 0.379 e. The summed E-state index contributed by atoms with van der Waals surface area (Å²) in [6.45, 7) is 12.9. The van der Waals surface area contributed by atoms with E-state index < -0.39 is 11.8 Å². The predicted molar refractivity (Wildman–Crippen MR) is 84.5 cm³/mol. The van der Waals surface area contributed by atoms with Gasteiger partial charge in [-0.15, -0.1) is 0 Å². The number of esters is 1. The van der Waals surface area contributed by atoms with Crippen LogP contribution >= 0.6 is 0 Å². The molecule has 3 nitrogen and oxygen atoms in total. The molecule has 1 aromatic carbocycles. The van der Waals surface area contributed by atoms with Crippen molar-refractivity contribution in [1.82, 2.24) is 0 Å². The van der Waals surface area contributed by atoms with Gasteiger partial charge in [0, 0.05) is 5.56 Å². The van der Waals surface area contributed by atoms with Gasteiger partial charge in [0.25, 0.3) is 5.78 Å². The van der Waals surface area contributed by atoms with Gasteiger partial charge in [0.1, 0.15) is 0 Å². The van der Waals surface area contributed by atoms with Crippen molar-refractivity contribution in [2.75, 3.05) is 6.61 Å². The Bertz CT molecular complexity index is 504. The first kappa shape index (κ1) is 17.4. The number of carbonyl (C=O) groups is 2. The average Bonchev–Trinajstić information content (AvgIpc) is 2.35. The van der Waals surface area contributed by atoms with Crippen LogP contribution < -0.4 is 0 Å². The molecule has 116 valence electrons. The molecule has 0 N–H and O–H groups in total. The summed E-state index contributed by atoms with van der Waals surface area (Å²) in [6.07, 6.45) is 1.03. The number of ether oxygens (including phenoxy) is 1. The standard InChI is InChI=1S/C18H26O3/c1-7-21-16(20)15(19)13-8-10-14(11-9-13)18(5,6)12-17(2,3)4/h8-11H,7,12H2,1-6H3. The van der Waals surface area contributed by atoms with E-state index in [0.717, 1.165) is 12.0 Å². The van der Waals surface area contributed by atoms with Crippen molar-refractivity contribution in [2.45, 2.75) is 53.4 Å². The number of hydrogen-bond donors (Lipinski definition) is 0. The van der Waals surface area contributed by atoms with E-state index >= 15 is 0 Å². The normalized spacial score (nSPS) is 12.1. The van der Waals surface area contributed by atoms with E-state index in [0.29, 0.717) is 5.56 Å². The highest BCUT2D eigenvalue weighted by Gasteiger charge is 2.27. The fraction of sp³-hybridized carbons (Fsp3) is 0.556. The molecule has 0 saturated heterocycles. The largest absolute Gasteiger partial charge is 0.460 e. The highest BCUT2D eigenvalue weighted by molar-refractivity contribution is 6.40. The second kappa shape index (κ2) is 6.42. The van der Waals surface area contributed by atoms with Gasteiger partial charge in [0.15, 0.2) is 0 Å². The molecule has 0 aliphatic rings. The Morgan fingerprint density at radius 1 is 1.00 bits per heavy atom. The molecule has 0 spiro atoms. The fourth-order valence-electron chi connectivity index (χ4n) is 2.82. The summed E-state index contributed by atoms with van der Waals surface area (Å²) in [7, 11) is 0. The molecular weight excluding hydrogens is 264 g/mol. The van der Waals surface area contributed by atoms with Crippen LogP contribution in [0.25, 0.3) is 0 Å². The molecule has 1 rings (SSSR count). The molecule has 0 radical (unpaired) electrons. The molecule has 0 amide bonds. The van der Waals surface area contributed by atoms with E-state index in [2.05, 4.69) is 34.6 Å². The fourth-order valence-corrected chi connectivity index (χ4v) is 2.82. The van der Waals surface area contributed by atoms with E-state index in [9.17, 15) is 9.59 Å². The third kappa shape index (κ3) is 5.00. The average molecular weight is 290 g/mol. The van der Waals surface area contributed by atoms with Crippen LogP contribution in [0.15, 0.2) is 24.3 Å². The summed E-state index contributed by atoms with van der Waals surface area (Å²) >= 11 is 0. The van der Waals surface area contributed by atoms with Crippen molar-refractivity contribution in [3.63, 3.8) is 0 Å². The Morgan fingerprint density at radius 2 is 1.52 bits per heavy atom. The maximum atomic E-state index is 11.8. The lowest BCUT2D eigenvalue weighted by Gasteiger charge is -2.33. The zero-order valence-corrected chi connectivity index (χ0v) is 13.9. The van der Waals surface area contributed by atoms with E-state index in [1.54, 1.807) is 19.1 Å². The molecule has 0 unspecified atom stereocenters. The molecule has 0 fully saturated rings. The van der Waals surface area contributed by atoms with Gasteiger partial charge in [-0.05, 0) is 29.7 Å². The van der Waals surface area contributed by atoms with Crippen LogP contribution in [0.2, 0.25) is 0 Å². The van der Waals surface area contributed by atoms with Crippen molar-refractivity contribution in [3.05, 3.63) is 35.4 Å². The van der Waals surface area contributed by atoms with E-state index in [4.69, 9.17) is 4.74 Å². The van der Waals surface area contributed by atoms with Crippen molar-refractivity contribution in [3.8, 4) is 0 Å². The molecule has 3 heteroatoms. The smallest absolute Gasteiger partial charge is 0.379 e. The van der Waals surface area contributed by atoms with Crippen LogP contribution in [0.1, 0.15) is 63.9 Å². The Hall–Kier alpha value is -1.64. The molecule has 0 atom stereocenters. The minimum atomic E-state index is -0.792. The molecule has 21 heavy (non-hydrogen) atoms. The number of hydrogen-bond acceptors (Lipinski definition) is 3. The van der Waals surface area contributed by atoms with Crippen LogP contribution in [0.5, 0.6) is 0 Å². The lowest BCUT2D eigenvalue weighted by molar-refractivity contribution is -0.137. The number of carbonyl (C=O) groups excluding carboxylic acids is 2. The molecule has 0 bridgehead atoms. The number of rotatable bonds is 5. The van der Waals surface area contributed by atoms with Crippen molar-refractivity contribution >= 4 is 11.8 Å². The first-order valence-electron chi connectivity index (χ1n) is 7.39. The zero-order chi connectivity index (χ0) is 16.3. The molecule has 0 aliphatic heterocycles. The van der Waals surface area contributed by atoms with Crippen LogP contribution in [-0.2, 0) is 14.9 Å². The van der Waals surface area contributed by atoms with E-state index in [1.807, 2.05) is 12.1 Å². The van der Waals surface area contributed by atoms with Gasteiger partial charge in [-0.2, -0.15) is 0 Å². The van der Waals surface area contributed by atoms with Crippen LogP contribution in [0.3, 0.4) is 0 Å². The first-order valence-corrected chi connectivity index (χ1v) is 7.39. The highest BCUT2D eigenvalue weighted by atomic mass is 16.5. The lowest BCUT2D eigenvalue weighted by atomic mass is 9.72. The summed E-state index contributed by atoms with van der Waals surface area (Å²) < 4.78 is 4.73. The summed E-state index contributed by atoms with van der Waals surface area (Å²) in [5.41, 5.74) is 1.79. The Morgan fingerprint density at radius 3 is 1.95 bits per heavy atom. The minimum absolute atomic E-state index is 0.0176. The van der Waals surface area contributed by atoms with Gasteiger partial charge >= 0.3 is 5.97 Å². The number of benzene rings is 1. The van der Waals surface area contributed by atoms with Crippen molar-refractivity contribution < 1.29 is 14.3 Å². The number of ketones is 1. The molecule has 0 saturated carbocycles. The van der Waals surface area contributed by atoms with Gasteiger partial charge < -0.3 is 4.74 Å². The lowest BCUT2D eigenvalue weighted by Crippen LogP contribution is -2.25. The van der Waals surface area contributed by atoms with Crippen molar-refractivity contribution in [2.24, 2.45) is 5.41 Å². The summed E-state index contributed by atoms with van der Waals surface area (Å²) in [5.74, 6) is -1.38. The summed E-state index contributed by atoms with van der Waals surface area (Å²) in [5, 5.41) is 0. The van der Waals surface area contributed by atoms with Gasteiger partial charge in [0.2, 0.25) is 0 Å². The van der Waals surface area contributed by atoms with E-state index in [1.165, 1.54) is 0 Å². The predicted octanol–water partition coefficient (Wildman–Crippen LogP) is 4.15. The molecular formula is C18H26O3. The van der Waals surface area contributed by atoms with Gasteiger partial charge in [-0.3, -0.25) is 4.79 Å². The molecule has 0 heterocycles. The maximum absolute atomic E-state index is 11.8. The quantitative estimate of drug-likeness (QED) is 0.465. The zero-order valence-electron chi connectivity index (χ0n) is 13.9. The number of Topliss-reactive ketones (excluding diaryl/α,β-unsaturated/α-hetero) is 1. The van der Waals surface area contributed by atoms with Gasteiger partial charge in [0.05, 0.1) is 6.61 Å². The topological polar surface area (TPSA) is 43.4 Å². The Balaban J connectivity index is 2.92. The molecule has 1 aromatic rings. The van der Waals surface area contributed by atoms with Gasteiger partial charge in [-0.25, -0.2) is 4.79 Å².